The quantitative estimate of drug-likeness (QED) is 0.676. The van der Waals surface area contributed by atoms with Crippen LogP contribution in [0.4, 0.5) is 4.79 Å². The van der Waals surface area contributed by atoms with Gasteiger partial charge in [-0.15, -0.1) is 6.42 Å². The van der Waals surface area contributed by atoms with Gasteiger partial charge in [0, 0.05) is 6.54 Å². The van der Waals surface area contributed by atoms with Crippen molar-refractivity contribution >= 4 is 12.0 Å². The average molecular weight is 238 g/mol. The van der Waals surface area contributed by atoms with Gasteiger partial charge in [-0.25, -0.2) is 9.59 Å². The van der Waals surface area contributed by atoms with E-state index in [1.54, 1.807) is 0 Å². The first kappa shape index (κ1) is 13.4. The Kier molecular flexibility index (Phi) is 4.83. The Morgan fingerprint density at radius 3 is 2.65 bits per heavy atom. The topological polar surface area (TPSA) is 69.6 Å². The van der Waals surface area contributed by atoms with Gasteiger partial charge in [-0.05, 0) is 25.2 Å². The summed E-state index contributed by atoms with van der Waals surface area (Å²) >= 11 is 0. The molecule has 0 radical (unpaired) electrons. The molecule has 94 valence electrons. The number of carboxylic acids is 1. The lowest BCUT2D eigenvalue weighted by molar-refractivity contribution is -0.139. The summed E-state index contributed by atoms with van der Waals surface area (Å²) < 4.78 is 0. The second kappa shape index (κ2) is 6.14. The molecular weight excluding hydrogens is 220 g/mol. The molecule has 2 amide bonds. The Hall–Kier alpha value is -1.70. The van der Waals surface area contributed by atoms with Gasteiger partial charge in [-0.2, -0.15) is 0 Å². The van der Waals surface area contributed by atoms with Crippen LogP contribution in [0, 0.1) is 18.3 Å². The third-order valence-electron chi connectivity index (χ3n) is 2.70. The highest BCUT2D eigenvalue weighted by Crippen LogP contribution is 2.32. The van der Waals surface area contributed by atoms with Gasteiger partial charge in [0.25, 0.3) is 0 Å². The van der Waals surface area contributed by atoms with Crippen molar-refractivity contribution in [3.63, 3.8) is 0 Å². The zero-order valence-electron chi connectivity index (χ0n) is 9.98. The highest BCUT2D eigenvalue weighted by atomic mass is 16.4. The summed E-state index contributed by atoms with van der Waals surface area (Å²) in [6, 6.07) is -1.16. The van der Waals surface area contributed by atoms with Crippen LogP contribution in [0.5, 0.6) is 0 Å². The van der Waals surface area contributed by atoms with Gasteiger partial charge in [0.05, 0.1) is 6.54 Å². The lowest BCUT2D eigenvalue weighted by Crippen LogP contribution is -2.49. The Morgan fingerprint density at radius 1 is 1.59 bits per heavy atom. The van der Waals surface area contributed by atoms with Gasteiger partial charge in [0.2, 0.25) is 0 Å². The van der Waals surface area contributed by atoms with Crippen molar-refractivity contribution < 1.29 is 14.7 Å². The number of nitrogens with one attached hydrogen (secondary N) is 1. The van der Waals surface area contributed by atoms with Crippen LogP contribution in [-0.2, 0) is 4.79 Å². The normalized spacial score (nSPS) is 15.8. The summed E-state index contributed by atoms with van der Waals surface area (Å²) in [6.07, 6.45) is 7.68. The van der Waals surface area contributed by atoms with Crippen LogP contribution >= 0.6 is 0 Å². The molecule has 1 saturated carbocycles. The molecule has 5 nitrogen and oxygen atoms in total. The number of carboxylic acid groups (broad SMARTS) is 1. The maximum Gasteiger partial charge on any atom is 0.326 e. The summed E-state index contributed by atoms with van der Waals surface area (Å²) in [5.41, 5.74) is 0. The average Bonchev–Trinajstić information content (AvgIpc) is 3.08. The Bertz CT molecular complexity index is 331. The molecule has 0 spiro atoms. The molecular formula is C12H18N2O3. The number of carbonyl (C=O) groups is 2. The molecule has 0 heterocycles. The minimum absolute atomic E-state index is 0.0748. The van der Waals surface area contributed by atoms with E-state index < -0.39 is 12.0 Å². The number of hydrogen-bond acceptors (Lipinski definition) is 2. The monoisotopic (exact) mass is 238 g/mol. The predicted molar refractivity (Wildman–Crippen MR) is 63.4 cm³/mol. The Labute approximate surface area is 101 Å². The molecule has 1 atom stereocenters. The first-order chi connectivity index (χ1) is 8.10. The maximum atomic E-state index is 11.8. The summed E-state index contributed by atoms with van der Waals surface area (Å²) in [6.45, 7) is 2.68. The van der Waals surface area contributed by atoms with E-state index in [9.17, 15) is 9.59 Å². The van der Waals surface area contributed by atoms with Gasteiger partial charge in [-0.1, -0.05) is 12.8 Å². The summed E-state index contributed by atoms with van der Waals surface area (Å²) in [7, 11) is 0. The number of terminal acetylenes is 1. The van der Waals surface area contributed by atoms with Gasteiger partial charge < -0.3 is 15.3 Å². The zero-order chi connectivity index (χ0) is 12.8. The van der Waals surface area contributed by atoms with Crippen LogP contribution in [0.25, 0.3) is 0 Å². The molecule has 0 aromatic carbocycles. The van der Waals surface area contributed by atoms with Gasteiger partial charge in [0.1, 0.15) is 6.04 Å². The summed E-state index contributed by atoms with van der Waals surface area (Å²) in [5, 5.41) is 11.5. The SMILES string of the molecule is C#CCN(CCC)C(=O)NC(C(=O)O)C1CC1. The van der Waals surface area contributed by atoms with E-state index in [0.717, 1.165) is 19.3 Å². The lowest BCUT2D eigenvalue weighted by atomic mass is 10.2. The van der Waals surface area contributed by atoms with Crippen molar-refractivity contribution in [2.24, 2.45) is 5.92 Å². The largest absolute Gasteiger partial charge is 0.480 e. The highest BCUT2D eigenvalue weighted by Gasteiger charge is 2.37. The van der Waals surface area contributed by atoms with Gasteiger partial charge >= 0.3 is 12.0 Å². The molecule has 0 aromatic rings. The third kappa shape index (κ3) is 3.99. The number of urea groups is 1. The molecule has 0 aliphatic heterocycles. The molecule has 5 heteroatoms. The number of amides is 2. The van der Waals surface area contributed by atoms with Crippen LogP contribution in [0.15, 0.2) is 0 Å². The van der Waals surface area contributed by atoms with E-state index in [0.29, 0.717) is 6.54 Å². The van der Waals surface area contributed by atoms with Crippen molar-refractivity contribution in [3.8, 4) is 12.3 Å². The summed E-state index contributed by atoms with van der Waals surface area (Å²) in [5.74, 6) is 1.50. The third-order valence-corrected chi connectivity index (χ3v) is 2.70. The molecule has 1 fully saturated rings. The Morgan fingerprint density at radius 2 is 2.24 bits per heavy atom. The van der Waals surface area contributed by atoms with Crippen LogP contribution in [-0.4, -0.2) is 41.1 Å². The minimum atomic E-state index is -0.974. The van der Waals surface area contributed by atoms with Crippen molar-refractivity contribution in [2.75, 3.05) is 13.1 Å². The number of nitrogens with zero attached hydrogens (tertiary/aromatic N) is 1. The number of hydrogen-bond donors (Lipinski definition) is 2. The van der Waals surface area contributed by atoms with Crippen LogP contribution in [0.3, 0.4) is 0 Å². The number of carbonyl (C=O) groups excluding carboxylic acids is 1. The Balaban J connectivity index is 2.54. The first-order valence-corrected chi connectivity index (χ1v) is 5.81. The van der Waals surface area contributed by atoms with Crippen LogP contribution < -0.4 is 5.32 Å². The zero-order valence-corrected chi connectivity index (χ0v) is 9.98. The fourth-order valence-electron chi connectivity index (χ4n) is 1.67. The molecule has 1 rings (SSSR count). The van der Waals surface area contributed by atoms with E-state index >= 15 is 0 Å². The van der Waals surface area contributed by atoms with E-state index in [-0.39, 0.29) is 18.5 Å². The molecule has 1 aliphatic rings. The van der Waals surface area contributed by atoms with Gasteiger partial charge in [-0.3, -0.25) is 0 Å². The van der Waals surface area contributed by atoms with E-state index in [2.05, 4.69) is 11.2 Å². The van der Waals surface area contributed by atoms with Crippen molar-refractivity contribution in [2.45, 2.75) is 32.2 Å². The first-order valence-electron chi connectivity index (χ1n) is 5.81. The number of rotatable bonds is 6. The van der Waals surface area contributed by atoms with Crippen LogP contribution in [0.2, 0.25) is 0 Å². The van der Waals surface area contributed by atoms with Crippen molar-refractivity contribution in [3.05, 3.63) is 0 Å². The van der Waals surface area contributed by atoms with Crippen molar-refractivity contribution in [1.82, 2.24) is 10.2 Å². The standard InChI is InChI=1S/C12H18N2O3/c1-3-7-14(8-4-2)12(17)13-10(11(15)16)9-5-6-9/h1,9-10H,4-8H2,2H3,(H,13,17)(H,15,16). The molecule has 2 N–H and O–H groups in total. The molecule has 17 heavy (non-hydrogen) atoms. The summed E-state index contributed by atoms with van der Waals surface area (Å²) in [4.78, 5) is 24.3. The fourth-order valence-corrected chi connectivity index (χ4v) is 1.67. The maximum absolute atomic E-state index is 11.8. The molecule has 1 unspecified atom stereocenters. The highest BCUT2D eigenvalue weighted by molar-refractivity contribution is 5.83. The molecule has 0 saturated heterocycles. The molecule has 0 aromatic heterocycles. The van der Waals surface area contributed by atoms with E-state index in [4.69, 9.17) is 11.5 Å². The minimum Gasteiger partial charge on any atom is -0.480 e. The van der Waals surface area contributed by atoms with Crippen LogP contribution in [0.1, 0.15) is 26.2 Å². The number of aliphatic carboxylic acids is 1. The van der Waals surface area contributed by atoms with E-state index in [1.807, 2.05) is 6.92 Å². The van der Waals surface area contributed by atoms with Gasteiger partial charge in [0.15, 0.2) is 0 Å². The second-order valence-electron chi connectivity index (χ2n) is 4.23. The molecule has 1 aliphatic carbocycles. The lowest BCUT2D eigenvalue weighted by Gasteiger charge is -2.22. The van der Waals surface area contributed by atoms with E-state index in [1.165, 1.54) is 4.90 Å². The fraction of sp³-hybridized carbons (Fsp3) is 0.667. The second-order valence-corrected chi connectivity index (χ2v) is 4.23. The predicted octanol–water partition coefficient (Wildman–Crippen LogP) is 0.904. The molecule has 0 bridgehead atoms. The van der Waals surface area contributed by atoms with Crippen molar-refractivity contribution in [1.29, 1.82) is 0 Å². The smallest absolute Gasteiger partial charge is 0.326 e.